The standard InChI is InChI=1S/C29H31FO3/c1-3-33-27(31)11-5-18-4-10-25(26(30)17-18)29(21-6-8-24(32-2)9-7-21)28-22-13-19-12-20(15-22)16-23(28)14-19/h4-11,17,19-20,22-23H,3,12-16H2,1-2H3/b11-5+,29-28?. The van der Waals surface area contributed by atoms with Crippen LogP contribution in [0.4, 0.5) is 4.39 Å². The molecule has 2 aromatic carbocycles. The normalized spacial score (nSPS) is 25.5. The van der Waals surface area contributed by atoms with Gasteiger partial charge in [-0.15, -0.1) is 0 Å². The van der Waals surface area contributed by atoms with E-state index < -0.39 is 5.97 Å². The predicted molar refractivity (Wildman–Crippen MR) is 128 cm³/mol. The van der Waals surface area contributed by atoms with Crippen LogP contribution in [-0.2, 0) is 9.53 Å². The number of methoxy groups -OCH3 is 1. The molecule has 4 saturated carbocycles. The van der Waals surface area contributed by atoms with Gasteiger partial charge in [0.1, 0.15) is 11.6 Å². The number of ether oxygens (including phenoxy) is 2. The van der Waals surface area contributed by atoms with E-state index in [9.17, 15) is 4.79 Å². The van der Waals surface area contributed by atoms with Crippen molar-refractivity contribution in [1.29, 1.82) is 0 Å². The fraction of sp³-hybridized carbons (Fsp3) is 0.414. The molecule has 6 rings (SSSR count). The van der Waals surface area contributed by atoms with E-state index in [4.69, 9.17) is 9.47 Å². The highest BCUT2D eigenvalue weighted by atomic mass is 19.1. The largest absolute Gasteiger partial charge is 0.497 e. The Morgan fingerprint density at radius 1 is 1.00 bits per heavy atom. The molecule has 0 N–H and O–H groups in total. The first-order valence-electron chi connectivity index (χ1n) is 12.1. The van der Waals surface area contributed by atoms with Gasteiger partial charge in [-0.05, 0) is 104 Å². The molecule has 0 aromatic heterocycles. The summed E-state index contributed by atoms with van der Waals surface area (Å²) >= 11 is 0. The third-order valence-corrected chi connectivity index (χ3v) is 7.65. The van der Waals surface area contributed by atoms with Crippen LogP contribution in [0.5, 0.6) is 5.75 Å². The highest BCUT2D eigenvalue weighted by Crippen LogP contribution is 2.58. The number of rotatable bonds is 6. The van der Waals surface area contributed by atoms with Gasteiger partial charge in [-0.3, -0.25) is 0 Å². The molecule has 2 aromatic rings. The van der Waals surface area contributed by atoms with Gasteiger partial charge in [-0.25, -0.2) is 9.18 Å². The molecule has 4 heteroatoms. The van der Waals surface area contributed by atoms with Crippen LogP contribution in [0, 0.1) is 29.5 Å². The minimum Gasteiger partial charge on any atom is -0.497 e. The van der Waals surface area contributed by atoms with E-state index in [0.717, 1.165) is 28.7 Å². The number of carbonyl (C=O) groups is 1. The molecule has 0 atom stereocenters. The summed E-state index contributed by atoms with van der Waals surface area (Å²) in [4.78, 5) is 11.6. The maximum atomic E-state index is 15.6. The first-order chi connectivity index (χ1) is 16.1. The molecule has 3 nitrogen and oxygen atoms in total. The molecule has 4 bridgehead atoms. The molecule has 0 aliphatic heterocycles. The maximum Gasteiger partial charge on any atom is 0.330 e. The summed E-state index contributed by atoms with van der Waals surface area (Å²) in [5.41, 5.74) is 4.86. The highest BCUT2D eigenvalue weighted by Gasteiger charge is 2.46. The first-order valence-corrected chi connectivity index (χ1v) is 12.1. The number of hydrogen-bond acceptors (Lipinski definition) is 3. The van der Waals surface area contributed by atoms with Crippen molar-refractivity contribution in [1.82, 2.24) is 0 Å². The zero-order chi connectivity index (χ0) is 22.9. The summed E-state index contributed by atoms with van der Waals surface area (Å²) in [6.45, 7) is 2.08. The molecule has 0 radical (unpaired) electrons. The van der Waals surface area contributed by atoms with Crippen molar-refractivity contribution in [2.24, 2.45) is 23.7 Å². The second kappa shape index (κ2) is 9.17. The van der Waals surface area contributed by atoms with Gasteiger partial charge >= 0.3 is 5.97 Å². The summed E-state index contributed by atoms with van der Waals surface area (Å²) in [6, 6.07) is 13.3. The lowest BCUT2D eigenvalue weighted by molar-refractivity contribution is -0.137. The average Bonchev–Trinajstić information content (AvgIpc) is 2.80. The molecule has 4 aliphatic carbocycles. The van der Waals surface area contributed by atoms with Crippen LogP contribution < -0.4 is 4.74 Å². The van der Waals surface area contributed by atoms with E-state index in [2.05, 4.69) is 12.1 Å². The Morgan fingerprint density at radius 3 is 2.24 bits per heavy atom. The molecule has 0 unspecified atom stereocenters. The Bertz CT molecular complexity index is 1070. The first kappa shape index (κ1) is 21.9. The van der Waals surface area contributed by atoms with Gasteiger partial charge in [-0.1, -0.05) is 29.8 Å². The van der Waals surface area contributed by atoms with E-state index in [-0.39, 0.29) is 5.82 Å². The van der Waals surface area contributed by atoms with Crippen molar-refractivity contribution in [3.8, 4) is 5.75 Å². The van der Waals surface area contributed by atoms with Gasteiger partial charge in [0, 0.05) is 11.6 Å². The van der Waals surface area contributed by atoms with Crippen LogP contribution in [0.3, 0.4) is 0 Å². The third kappa shape index (κ3) is 4.36. The van der Waals surface area contributed by atoms with Crippen molar-refractivity contribution in [2.75, 3.05) is 13.7 Å². The van der Waals surface area contributed by atoms with Crippen LogP contribution in [0.25, 0.3) is 11.6 Å². The van der Waals surface area contributed by atoms with E-state index in [1.807, 2.05) is 24.3 Å². The second-order valence-corrected chi connectivity index (χ2v) is 9.69. The number of carbonyl (C=O) groups excluding carboxylic acids is 1. The Balaban J connectivity index is 1.57. The molecule has 33 heavy (non-hydrogen) atoms. The SMILES string of the molecule is CCOC(=O)/C=C/c1ccc(C(=C2C3CC4CC(C3)CC2C4)c2ccc(OC)cc2)c(F)c1. The van der Waals surface area contributed by atoms with Gasteiger partial charge in [0.25, 0.3) is 0 Å². The van der Waals surface area contributed by atoms with Gasteiger partial charge in [-0.2, -0.15) is 0 Å². The summed E-state index contributed by atoms with van der Waals surface area (Å²) in [7, 11) is 1.66. The van der Waals surface area contributed by atoms with E-state index in [0.29, 0.717) is 29.6 Å². The topological polar surface area (TPSA) is 35.5 Å². The van der Waals surface area contributed by atoms with Crippen molar-refractivity contribution in [2.45, 2.75) is 39.0 Å². The maximum absolute atomic E-state index is 15.6. The molecule has 0 heterocycles. The van der Waals surface area contributed by atoms with E-state index in [1.165, 1.54) is 49.8 Å². The number of esters is 1. The molecule has 0 amide bonds. The van der Waals surface area contributed by atoms with Gasteiger partial charge in [0.05, 0.1) is 13.7 Å². The van der Waals surface area contributed by atoms with Crippen molar-refractivity contribution >= 4 is 17.6 Å². The van der Waals surface area contributed by atoms with Crippen molar-refractivity contribution in [3.05, 3.63) is 76.6 Å². The van der Waals surface area contributed by atoms with E-state index in [1.54, 1.807) is 20.1 Å². The lowest BCUT2D eigenvalue weighted by Gasteiger charge is -2.52. The lowest BCUT2D eigenvalue weighted by Crippen LogP contribution is -2.40. The molecule has 4 fully saturated rings. The van der Waals surface area contributed by atoms with Gasteiger partial charge in [0.15, 0.2) is 0 Å². The number of halogens is 1. The molecule has 0 saturated heterocycles. The summed E-state index contributed by atoms with van der Waals surface area (Å²) in [5.74, 6) is 2.92. The van der Waals surface area contributed by atoms with Gasteiger partial charge < -0.3 is 9.47 Å². The number of benzene rings is 2. The molecular weight excluding hydrogens is 415 g/mol. The van der Waals surface area contributed by atoms with Crippen LogP contribution in [0.15, 0.2) is 54.1 Å². The molecule has 4 aliphatic rings. The zero-order valence-electron chi connectivity index (χ0n) is 19.4. The Hall–Kier alpha value is -2.88. The quantitative estimate of drug-likeness (QED) is 0.367. The lowest BCUT2D eigenvalue weighted by atomic mass is 9.53. The Morgan fingerprint density at radius 2 is 1.67 bits per heavy atom. The molecule has 0 spiro atoms. The van der Waals surface area contributed by atoms with Crippen LogP contribution >= 0.6 is 0 Å². The second-order valence-electron chi connectivity index (χ2n) is 9.69. The number of allylic oxidation sites excluding steroid dienone is 1. The summed E-state index contributed by atoms with van der Waals surface area (Å²) < 4.78 is 25.9. The fourth-order valence-electron chi connectivity index (χ4n) is 6.53. The Kier molecular flexibility index (Phi) is 6.09. The summed E-state index contributed by atoms with van der Waals surface area (Å²) in [6.07, 6.45) is 9.29. The third-order valence-electron chi connectivity index (χ3n) is 7.65. The average molecular weight is 447 g/mol. The predicted octanol–water partition coefficient (Wildman–Crippen LogP) is 6.67. The van der Waals surface area contributed by atoms with E-state index >= 15 is 4.39 Å². The summed E-state index contributed by atoms with van der Waals surface area (Å²) in [5, 5.41) is 0. The van der Waals surface area contributed by atoms with Crippen LogP contribution in [0.2, 0.25) is 0 Å². The smallest absolute Gasteiger partial charge is 0.330 e. The number of hydrogen-bond donors (Lipinski definition) is 0. The zero-order valence-corrected chi connectivity index (χ0v) is 19.4. The molecular formula is C29H31FO3. The van der Waals surface area contributed by atoms with Crippen LogP contribution in [0.1, 0.15) is 55.7 Å². The van der Waals surface area contributed by atoms with Gasteiger partial charge in [0.2, 0.25) is 0 Å². The monoisotopic (exact) mass is 446 g/mol. The molecule has 172 valence electrons. The van der Waals surface area contributed by atoms with Crippen molar-refractivity contribution in [3.63, 3.8) is 0 Å². The highest BCUT2D eigenvalue weighted by molar-refractivity contribution is 5.88. The van der Waals surface area contributed by atoms with Crippen LogP contribution in [-0.4, -0.2) is 19.7 Å². The minimum absolute atomic E-state index is 0.256. The Labute approximate surface area is 195 Å². The van der Waals surface area contributed by atoms with Crippen molar-refractivity contribution < 1.29 is 18.7 Å². The minimum atomic E-state index is -0.420. The fourth-order valence-corrected chi connectivity index (χ4v) is 6.53.